The smallest absolute Gasteiger partial charge is 0.307 e. The summed E-state index contributed by atoms with van der Waals surface area (Å²) in [5.41, 5.74) is 0.213. The first-order valence-corrected chi connectivity index (χ1v) is 4.18. The highest BCUT2D eigenvalue weighted by atomic mass is 79.9. The molecule has 0 amide bonds. The summed E-state index contributed by atoms with van der Waals surface area (Å²) >= 11 is 2.89. The minimum atomic E-state index is -1.08. The number of carboxylic acid groups (broad SMARTS) is 1. The van der Waals surface area contributed by atoms with Crippen molar-refractivity contribution in [3.63, 3.8) is 0 Å². The van der Waals surface area contributed by atoms with Gasteiger partial charge in [0, 0.05) is 6.07 Å². The third kappa shape index (κ3) is 2.42. The van der Waals surface area contributed by atoms with Crippen molar-refractivity contribution < 1.29 is 19.4 Å². The highest BCUT2D eigenvalue weighted by Gasteiger charge is 2.10. The Morgan fingerprint density at radius 2 is 2.15 bits per heavy atom. The van der Waals surface area contributed by atoms with E-state index in [1.54, 1.807) is 0 Å². The van der Waals surface area contributed by atoms with Gasteiger partial charge in [-0.05, 0) is 27.6 Å². The lowest BCUT2D eigenvalue weighted by Crippen LogP contribution is -2.01. The van der Waals surface area contributed by atoms with Crippen molar-refractivity contribution in [2.45, 2.75) is 6.42 Å². The van der Waals surface area contributed by atoms with E-state index in [9.17, 15) is 9.18 Å². The molecule has 0 aliphatic carbocycles. The SMILES string of the molecule is O=C(O)Cc1cc(O)cc(F)c1Br. The molecule has 0 aliphatic heterocycles. The van der Waals surface area contributed by atoms with Gasteiger partial charge in [0.1, 0.15) is 11.6 Å². The predicted octanol–water partition coefficient (Wildman–Crippen LogP) is 1.92. The Bertz CT molecular complexity index is 351. The lowest BCUT2D eigenvalue weighted by atomic mass is 10.1. The van der Waals surface area contributed by atoms with Gasteiger partial charge in [-0.15, -0.1) is 0 Å². The van der Waals surface area contributed by atoms with Crippen molar-refractivity contribution in [2.24, 2.45) is 0 Å². The van der Waals surface area contributed by atoms with Crippen molar-refractivity contribution in [2.75, 3.05) is 0 Å². The summed E-state index contributed by atoms with van der Waals surface area (Å²) in [7, 11) is 0. The zero-order valence-corrected chi connectivity index (χ0v) is 8.01. The molecule has 0 spiro atoms. The topological polar surface area (TPSA) is 57.5 Å². The van der Waals surface area contributed by atoms with E-state index in [1.165, 1.54) is 6.07 Å². The largest absolute Gasteiger partial charge is 0.508 e. The minimum Gasteiger partial charge on any atom is -0.508 e. The molecule has 0 aromatic heterocycles. The summed E-state index contributed by atoms with van der Waals surface area (Å²) in [5, 5.41) is 17.4. The van der Waals surface area contributed by atoms with E-state index in [0.29, 0.717) is 0 Å². The Hall–Kier alpha value is -1.10. The molecule has 1 aromatic rings. The number of carboxylic acids is 1. The first kappa shape index (κ1) is 9.98. The van der Waals surface area contributed by atoms with Crippen molar-refractivity contribution in [3.05, 3.63) is 28.0 Å². The Balaban J connectivity index is 3.12. The number of aromatic hydroxyl groups is 1. The van der Waals surface area contributed by atoms with Gasteiger partial charge in [-0.1, -0.05) is 0 Å². The van der Waals surface area contributed by atoms with Crippen LogP contribution < -0.4 is 0 Å². The second-order valence-electron chi connectivity index (χ2n) is 2.47. The normalized spacial score (nSPS) is 10.0. The summed E-state index contributed by atoms with van der Waals surface area (Å²) in [6.45, 7) is 0. The first-order valence-electron chi connectivity index (χ1n) is 3.39. The molecule has 70 valence electrons. The predicted molar refractivity (Wildman–Crippen MR) is 47.1 cm³/mol. The number of hydrogen-bond donors (Lipinski definition) is 2. The third-order valence-electron chi connectivity index (χ3n) is 1.43. The fourth-order valence-electron chi connectivity index (χ4n) is 0.922. The quantitative estimate of drug-likeness (QED) is 0.841. The minimum absolute atomic E-state index is 0.0766. The van der Waals surface area contributed by atoms with Gasteiger partial charge < -0.3 is 10.2 Å². The first-order chi connectivity index (χ1) is 6.00. The summed E-state index contributed by atoms with van der Waals surface area (Å²) in [4.78, 5) is 10.3. The number of benzene rings is 1. The molecule has 0 atom stereocenters. The molecule has 0 heterocycles. The van der Waals surface area contributed by atoms with Gasteiger partial charge in [0.25, 0.3) is 0 Å². The number of hydrogen-bond acceptors (Lipinski definition) is 2. The standard InChI is InChI=1S/C8H6BrFO3/c9-8-4(2-7(12)13)1-5(11)3-6(8)10/h1,3,11H,2H2,(H,12,13). The highest BCUT2D eigenvalue weighted by molar-refractivity contribution is 9.10. The molecule has 0 aliphatic rings. The Morgan fingerprint density at radius 1 is 1.54 bits per heavy atom. The number of rotatable bonds is 2. The van der Waals surface area contributed by atoms with Crippen LogP contribution in [-0.4, -0.2) is 16.2 Å². The van der Waals surface area contributed by atoms with Gasteiger partial charge in [-0.25, -0.2) is 4.39 Å². The van der Waals surface area contributed by atoms with Gasteiger partial charge in [0.05, 0.1) is 10.9 Å². The van der Waals surface area contributed by atoms with Crippen molar-refractivity contribution >= 4 is 21.9 Å². The van der Waals surface area contributed by atoms with Crippen LogP contribution in [0.3, 0.4) is 0 Å². The average Bonchev–Trinajstić information content (AvgIpc) is 1.98. The van der Waals surface area contributed by atoms with Crippen LogP contribution in [0.1, 0.15) is 5.56 Å². The number of phenolic OH excluding ortho intramolecular Hbond substituents is 1. The lowest BCUT2D eigenvalue weighted by molar-refractivity contribution is -0.136. The van der Waals surface area contributed by atoms with Gasteiger partial charge >= 0.3 is 5.97 Å². The van der Waals surface area contributed by atoms with Crippen molar-refractivity contribution in [1.82, 2.24) is 0 Å². The molecule has 0 fully saturated rings. The summed E-state index contributed by atoms with van der Waals surface area (Å²) < 4.78 is 13.0. The zero-order chi connectivity index (χ0) is 10.0. The van der Waals surface area contributed by atoms with E-state index < -0.39 is 11.8 Å². The second-order valence-corrected chi connectivity index (χ2v) is 3.26. The van der Waals surface area contributed by atoms with Crippen molar-refractivity contribution in [3.8, 4) is 5.75 Å². The fourth-order valence-corrected chi connectivity index (χ4v) is 1.29. The lowest BCUT2D eigenvalue weighted by Gasteiger charge is -2.03. The summed E-state index contributed by atoms with van der Waals surface area (Å²) in [5.74, 6) is -2.03. The van der Waals surface area contributed by atoms with Crippen LogP contribution in [0.2, 0.25) is 0 Å². The van der Waals surface area contributed by atoms with Crippen LogP contribution in [0.25, 0.3) is 0 Å². The van der Waals surface area contributed by atoms with Crippen LogP contribution >= 0.6 is 15.9 Å². The number of aliphatic carboxylic acids is 1. The molecule has 0 saturated heterocycles. The zero-order valence-electron chi connectivity index (χ0n) is 6.42. The summed E-state index contributed by atoms with van der Waals surface area (Å²) in [6.07, 6.45) is -0.327. The maximum atomic E-state index is 12.9. The average molecular weight is 249 g/mol. The van der Waals surface area contributed by atoms with E-state index in [2.05, 4.69) is 15.9 Å². The number of phenols is 1. The molecule has 0 saturated carbocycles. The van der Waals surface area contributed by atoms with Gasteiger partial charge in [-0.2, -0.15) is 0 Å². The Morgan fingerprint density at radius 3 is 2.69 bits per heavy atom. The fraction of sp³-hybridized carbons (Fsp3) is 0.125. The van der Waals surface area contributed by atoms with Gasteiger partial charge in [0.15, 0.2) is 0 Å². The summed E-state index contributed by atoms with van der Waals surface area (Å²) in [6, 6.07) is 2.12. The molecule has 1 aromatic carbocycles. The molecule has 2 N–H and O–H groups in total. The molecule has 1 rings (SSSR count). The molecule has 13 heavy (non-hydrogen) atoms. The van der Waals surface area contributed by atoms with Crippen molar-refractivity contribution in [1.29, 1.82) is 0 Å². The van der Waals surface area contributed by atoms with Gasteiger partial charge in [0.2, 0.25) is 0 Å². The molecular formula is C8H6BrFO3. The van der Waals surface area contributed by atoms with Crippen LogP contribution in [0, 0.1) is 5.82 Å². The maximum Gasteiger partial charge on any atom is 0.307 e. The highest BCUT2D eigenvalue weighted by Crippen LogP contribution is 2.25. The number of halogens is 2. The van der Waals surface area contributed by atoms with Crippen LogP contribution in [0.4, 0.5) is 4.39 Å². The maximum absolute atomic E-state index is 12.9. The molecule has 0 radical (unpaired) electrons. The van der Waals surface area contributed by atoms with E-state index >= 15 is 0 Å². The van der Waals surface area contributed by atoms with Crippen LogP contribution in [0.5, 0.6) is 5.75 Å². The Labute approximate surface area is 81.9 Å². The Kier molecular flexibility index (Phi) is 2.87. The van der Waals surface area contributed by atoms with E-state index in [4.69, 9.17) is 10.2 Å². The molecular weight excluding hydrogens is 243 g/mol. The molecule has 0 unspecified atom stereocenters. The van der Waals surface area contributed by atoms with Gasteiger partial charge in [-0.3, -0.25) is 4.79 Å². The van der Waals surface area contributed by atoms with E-state index in [-0.39, 0.29) is 22.2 Å². The molecule has 3 nitrogen and oxygen atoms in total. The molecule has 5 heteroatoms. The molecule has 0 bridgehead atoms. The monoisotopic (exact) mass is 248 g/mol. The van der Waals surface area contributed by atoms with E-state index in [0.717, 1.165) is 6.07 Å². The van der Waals surface area contributed by atoms with Crippen LogP contribution in [-0.2, 0) is 11.2 Å². The van der Waals surface area contributed by atoms with E-state index in [1.807, 2.05) is 0 Å². The number of carbonyl (C=O) groups is 1. The third-order valence-corrected chi connectivity index (χ3v) is 2.32. The van der Waals surface area contributed by atoms with Crippen LogP contribution in [0.15, 0.2) is 16.6 Å². The second kappa shape index (κ2) is 3.74.